The molecule has 0 bridgehead atoms. The van der Waals surface area contributed by atoms with Gasteiger partial charge in [0.15, 0.2) is 0 Å². The molecule has 0 aliphatic carbocycles. The molecule has 27 heavy (non-hydrogen) atoms. The van der Waals surface area contributed by atoms with E-state index in [0.717, 1.165) is 6.07 Å². The van der Waals surface area contributed by atoms with E-state index in [9.17, 15) is 18.7 Å². The summed E-state index contributed by atoms with van der Waals surface area (Å²) in [6.07, 6.45) is 7.79. The molecule has 3 rings (SSSR count). The first-order valence-electron chi connectivity index (χ1n) is 8.07. The number of carbonyl (C=O) groups is 1. The van der Waals surface area contributed by atoms with Gasteiger partial charge in [0.1, 0.15) is 11.6 Å². The number of carbonyl (C=O) groups excluding carboxylic acids is 1. The normalized spacial score (nSPS) is 14.3. The highest BCUT2D eigenvalue weighted by Crippen LogP contribution is 2.29. The summed E-state index contributed by atoms with van der Waals surface area (Å²) in [4.78, 5) is 17.8. The monoisotopic (exact) mass is 366 g/mol. The van der Waals surface area contributed by atoms with Crippen LogP contribution in [0.25, 0.3) is 16.7 Å². The molecule has 1 aromatic carbocycles. The Hall–Kier alpha value is -3.54. The summed E-state index contributed by atoms with van der Waals surface area (Å²) >= 11 is 0. The highest BCUT2D eigenvalue weighted by molar-refractivity contribution is 6.21. The predicted octanol–water partition coefficient (Wildman–Crippen LogP) is 4.74. The van der Waals surface area contributed by atoms with E-state index in [1.165, 1.54) is 48.5 Å². The van der Waals surface area contributed by atoms with E-state index >= 15 is 0 Å². The molecule has 0 atom stereocenters. The number of allylic oxidation sites excluding steroid dienone is 4. The van der Waals surface area contributed by atoms with Crippen molar-refractivity contribution in [3.05, 3.63) is 96.3 Å². The standard InChI is InChI=1S/C21H16F2N2O2/c1-13-5-3-4-10-25(13)21(27)20(14(2)26)15-6-8-18(22)17(11-15)16-7-9-19(23)24-12-16/h3-12,26H,1H2,2H3/b20-14+. The number of benzene rings is 1. The summed E-state index contributed by atoms with van der Waals surface area (Å²) in [5.41, 5.74) is 1.25. The van der Waals surface area contributed by atoms with Crippen LogP contribution >= 0.6 is 0 Å². The van der Waals surface area contributed by atoms with E-state index in [4.69, 9.17) is 0 Å². The molecule has 2 heterocycles. The van der Waals surface area contributed by atoms with Gasteiger partial charge in [-0.2, -0.15) is 4.39 Å². The highest BCUT2D eigenvalue weighted by atomic mass is 19.1. The SMILES string of the molecule is C=C1C=CC=CN1C(=O)/C(=C(\C)O)c1ccc(F)c(-c2ccc(F)nc2)c1. The Kier molecular flexibility index (Phi) is 4.98. The van der Waals surface area contributed by atoms with E-state index in [1.54, 1.807) is 18.2 Å². The van der Waals surface area contributed by atoms with Crippen molar-refractivity contribution < 1.29 is 18.7 Å². The Morgan fingerprint density at radius 3 is 2.59 bits per heavy atom. The summed E-state index contributed by atoms with van der Waals surface area (Å²) in [5.74, 6) is -1.96. The van der Waals surface area contributed by atoms with Crippen molar-refractivity contribution in [3.63, 3.8) is 0 Å². The number of hydrogen-bond donors (Lipinski definition) is 1. The first kappa shape index (κ1) is 18.3. The Morgan fingerprint density at radius 1 is 1.19 bits per heavy atom. The van der Waals surface area contributed by atoms with Gasteiger partial charge in [-0.1, -0.05) is 18.7 Å². The fourth-order valence-corrected chi connectivity index (χ4v) is 2.72. The van der Waals surface area contributed by atoms with E-state index in [2.05, 4.69) is 11.6 Å². The molecule has 0 spiro atoms. The molecular formula is C21H16F2N2O2. The van der Waals surface area contributed by atoms with Gasteiger partial charge in [-0.25, -0.2) is 9.37 Å². The van der Waals surface area contributed by atoms with E-state index in [0.29, 0.717) is 16.8 Å². The maximum Gasteiger partial charge on any atom is 0.266 e. The predicted molar refractivity (Wildman–Crippen MR) is 99.1 cm³/mol. The van der Waals surface area contributed by atoms with Gasteiger partial charge in [-0.05, 0) is 48.9 Å². The Labute approximate surface area is 155 Å². The third-order valence-electron chi connectivity index (χ3n) is 4.03. The van der Waals surface area contributed by atoms with E-state index in [-0.39, 0.29) is 16.9 Å². The van der Waals surface area contributed by atoms with Crippen molar-refractivity contribution >= 4 is 11.5 Å². The molecule has 0 unspecified atom stereocenters. The van der Waals surface area contributed by atoms with Gasteiger partial charge in [-0.3, -0.25) is 9.69 Å². The van der Waals surface area contributed by atoms with Crippen LogP contribution in [0.2, 0.25) is 0 Å². The molecule has 1 N–H and O–H groups in total. The maximum absolute atomic E-state index is 14.3. The minimum absolute atomic E-state index is 0.00687. The number of pyridine rings is 1. The minimum Gasteiger partial charge on any atom is -0.512 e. The van der Waals surface area contributed by atoms with Gasteiger partial charge in [0.05, 0.1) is 5.57 Å². The minimum atomic E-state index is -0.680. The molecule has 2 aromatic rings. The lowest BCUT2D eigenvalue weighted by atomic mass is 9.97. The van der Waals surface area contributed by atoms with Crippen LogP contribution in [0.1, 0.15) is 12.5 Å². The number of rotatable bonds is 3. The van der Waals surface area contributed by atoms with Crippen LogP contribution in [0.3, 0.4) is 0 Å². The van der Waals surface area contributed by atoms with Crippen molar-refractivity contribution in [1.29, 1.82) is 0 Å². The van der Waals surface area contributed by atoms with Crippen LogP contribution in [-0.4, -0.2) is 20.9 Å². The molecule has 0 saturated heterocycles. The molecule has 1 aliphatic rings. The third kappa shape index (κ3) is 3.69. The lowest BCUT2D eigenvalue weighted by Gasteiger charge is -2.23. The topological polar surface area (TPSA) is 53.4 Å². The molecule has 1 aliphatic heterocycles. The maximum atomic E-state index is 14.3. The number of aliphatic hydroxyl groups excluding tert-OH is 1. The highest BCUT2D eigenvalue weighted by Gasteiger charge is 2.24. The van der Waals surface area contributed by atoms with Gasteiger partial charge < -0.3 is 5.11 Å². The molecule has 136 valence electrons. The molecule has 0 saturated carbocycles. The Morgan fingerprint density at radius 2 is 1.96 bits per heavy atom. The summed E-state index contributed by atoms with van der Waals surface area (Å²) in [5, 5.41) is 10.1. The van der Waals surface area contributed by atoms with Crippen molar-refractivity contribution in [2.75, 3.05) is 0 Å². The van der Waals surface area contributed by atoms with Gasteiger partial charge in [0.25, 0.3) is 5.91 Å². The van der Waals surface area contributed by atoms with Crippen molar-refractivity contribution in [1.82, 2.24) is 9.88 Å². The zero-order valence-electron chi connectivity index (χ0n) is 14.5. The fourth-order valence-electron chi connectivity index (χ4n) is 2.72. The lowest BCUT2D eigenvalue weighted by molar-refractivity contribution is -0.121. The summed E-state index contributed by atoms with van der Waals surface area (Å²) in [6.45, 7) is 5.18. The second-order valence-electron chi connectivity index (χ2n) is 5.89. The number of aromatic nitrogens is 1. The molecule has 0 radical (unpaired) electrons. The molecule has 6 heteroatoms. The van der Waals surface area contributed by atoms with Crippen LogP contribution in [0.4, 0.5) is 8.78 Å². The number of aliphatic hydroxyl groups is 1. The zero-order valence-corrected chi connectivity index (χ0v) is 14.5. The van der Waals surface area contributed by atoms with Gasteiger partial charge >= 0.3 is 0 Å². The Bertz CT molecular complexity index is 1000. The molecule has 4 nitrogen and oxygen atoms in total. The van der Waals surface area contributed by atoms with Crippen LogP contribution in [0.15, 0.2) is 79.0 Å². The number of hydrogen-bond acceptors (Lipinski definition) is 3. The first-order chi connectivity index (χ1) is 12.9. The second-order valence-corrected chi connectivity index (χ2v) is 5.89. The molecule has 0 fully saturated rings. The van der Waals surface area contributed by atoms with Crippen LogP contribution in [0, 0.1) is 11.8 Å². The molecule has 1 amide bonds. The first-order valence-corrected chi connectivity index (χ1v) is 8.07. The van der Waals surface area contributed by atoms with E-state index < -0.39 is 17.7 Å². The third-order valence-corrected chi connectivity index (χ3v) is 4.03. The fraction of sp³-hybridized carbons (Fsp3) is 0.0476. The molecular weight excluding hydrogens is 350 g/mol. The largest absolute Gasteiger partial charge is 0.512 e. The lowest BCUT2D eigenvalue weighted by Crippen LogP contribution is -2.26. The number of nitrogens with zero attached hydrogens (tertiary/aromatic N) is 2. The summed E-state index contributed by atoms with van der Waals surface area (Å²) in [6, 6.07) is 6.51. The second kappa shape index (κ2) is 7.37. The summed E-state index contributed by atoms with van der Waals surface area (Å²) in [7, 11) is 0. The van der Waals surface area contributed by atoms with E-state index in [1.807, 2.05) is 0 Å². The number of halogens is 2. The zero-order chi connectivity index (χ0) is 19.6. The number of amides is 1. The van der Waals surface area contributed by atoms with Gasteiger partial charge in [0.2, 0.25) is 5.95 Å². The van der Waals surface area contributed by atoms with Crippen LogP contribution < -0.4 is 0 Å². The van der Waals surface area contributed by atoms with Crippen molar-refractivity contribution in [2.45, 2.75) is 6.92 Å². The Balaban J connectivity index is 2.06. The van der Waals surface area contributed by atoms with Gasteiger partial charge in [-0.15, -0.1) is 0 Å². The molecule has 1 aromatic heterocycles. The van der Waals surface area contributed by atoms with Crippen molar-refractivity contribution in [3.8, 4) is 11.1 Å². The van der Waals surface area contributed by atoms with Crippen LogP contribution in [-0.2, 0) is 4.79 Å². The average Bonchev–Trinajstić information content (AvgIpc) is 2.64. The van der Waals surface area contributed by atoms with Gasteiger partial charge in [0, 0.05) is 29.2 Å². The van der Waals surface area contributed by atoms with Crippen LogP contribution in [0.5, 0.6) is 0 Å². The van der Waals surface area contributed by atoms with Crippen molar-refractivity contribution in [2.24, 2.45) is 0 Å². The quantitative estimate of drug-likeness (QED) is 0.485. The average molecular weight is 366 g/mol. The smallest absolute Gasteiger partial charge is 0.266 e. The summed E-state index contributed by atoms with van der Waals surface area (Å²) < 4.78 is 27.4.